The maximum Gasteiger partial charge on any atom is 0.166 e. The van der Waals surface area contributed by atoms with E-state index in [-0.39, 0.29) is 0 Å². The molecule has 3 rings (SSSR count). The molecule has 0 atom stereocenters. The number of rotatable bonds is 11. The molecule has 0 aliphatic carbocycles. The number of hydrogen-bond donors (Lipinski definition) is 0. The maximum absolute atomic E-state index is 14.6. The van der Waals surface area contributed by atoms with E-state index in [1.165, 1.54) is 36.0 Å². The van der Waals surface area contributed by atoms with Gasteiger partial charge in [0, 0.05) is 5.56 Å². The van der Waals surface area contributed by atoms with Crippen molar-refractivity contribution < 1.29 is 8.78 Å². The Hall–Kier alpha value is -2.48. The fraction of sp³-hybridized carbons (Fsp3) is 0.379. The van der Waals surface area contributed by atoms with Crippen molar-refractivity contribution >= 4 is 0 Å². The topological polar surface area (TPSA) is 0 Å². The summed E-state index contributed by atoms with van der Waals surface area (Å²) in [6.07, 6.45) is 9.28. The summed E-state index contributed by atoms with van der Waals surface area (Å²) in [5.41, 5.74) is 5.48. The molecule has 0 spiro atoms. The number of hydrogen-bond acceptors (Lipinski definition) is 0. The molecule has 0 amide bonds. The molecule has 0 saturated carbocycles. The Labute approximate surface area is 186 Å². The molecular formula is C29H34F2. The van der Waals surface area contributed by atoms with Crippen molar-refractivity contribution in [1.29, 1.82) is 0 Å². The van der Waals surface area contributed by atoms with Gasteiger partial charge in [0.1, 0.15) is 0 Å². The molecule has 3 aromatic rings. The monoisotopic (exact) mass is 420 g/mol. The third kappa shape index (κ3) is 6.50. The van der Waals surface area contributed by atoms with Crippen LogP contribution in [0.2, 0.25) is 0 Å². The van der Waals surface area contributed by atoms with E-state index in [4.69, 9.17) is 0 Å². The van der Waals surface area contributed by atoms with Crippen LogP contribution in [-0.4, -0.2) is 0 Å². The van der Waals surface area contributed by atoms with Crippen molar-refractivity contribution in [2.45, 2.75) is 71.6 Å². The van der Waals surface area contributed by atoms with Crippen molar-refractivity contribution in [3.05, 3.63) is 94.6 Å². The zero-order chi connectivity index (χ0) is 22.1. The van der Waals surface area contributed by atoms with Crippen molar-refractivity contribution in [1.82, 2.24) is 0 Å². The van der Waals surface area contributed by atoms with Gasteiger partial charge in [-0.15, -0.1) is 0 Å². The molecule has 0 aliphatic heterocycles. The third-order valence-corrected chi connectivity index (χ3v) is 6.02. The minimum Gasteiger partial charge on any atom is -0.203 e. The number of aryl methyl sites for hydroxylation is 4. The first-order valence-corrected chi connectivity index (χ1v) is 11.8. The van der Waals surface area contributed by atoms with Gasteiger partial charge in [0.25, 0.3) is 0 Å². The smallest absolute Gasteiger partial charge is 0.166 e. The Morgan fingerprint density at radius 2 is 1.06 bits per heavy atom. The predicted molar refractivity (Wildman–Crippen MR) is 127 cm³/mol. The Bertz CT molecular complexity index is 940. The van der Waals surface area contributed by atoms with Gasteiger partial charge in [-0.1, -0.05) is 93.8 Å². The minimum absolute atomic E-state index is 0.336. The average Bonchev–Trinajstić information content (AvgIpc) is 2.80. The second-order valence-electron chi connectivity index (χ2n) is 8.47. The summed E-state index contributed by atoms with van der Waals surface area (Å²) in [6.45, 7) is 4.28. The van der Waals surface area contributed by atoms with Crippen LogP contribution in [0.15, 0.2) is 60.7 Å². The van der Waals surface area contributed by atoms with Crippen molar-refractivity contribution in [3.8, 4) is 11.1 Å². The van der Waals surface area contributed by atoms with Gasteiger partial charge in [-0.05, 0) is 66.3 Å². The fourth-order valence-corrected chi connectivity index (χ4v) is 3.96. The summed E-state index contributed by atoms with van der Waals surface area (Å²) >= 11 is 0. The van der Waals surface area contributed by atoms with Crippen molar-refractivity contribution in [2.24, 2.45) is 0 Å². The summed E-state index contributed by atoms with van der Waals surface area (Å²) in [5, 5.41) is 0. The molecule has 31 heavy (non-hydrogen) atoms. The van der Waals surface area contributed by atoms with Crippen LogP contribution in [0.3, 0.4) is 0 Å². The van der Waals surface area contributed by atoms with Crippen LogP contribution in [0, 0.1) is 11.6 Å². The lowest BCUT2D eigenvalue weighted by Crippen LogP contribution is -1.98. The summed E-state index contributed by atoms with van der Waals surface area (Å²) in [5.74, 6) is -1.44. The van der Waals surface area contributed by atoms with Crippen LogP contribution in [0.4, 0.5) is 8.78 Å². The molecule has 0 fully saturated rings. The molecule has 0 heterocycles. The largest absolute Gasteiger partial charge is 0.203 e. The first-order valence-electron chi connectivity index (χ1n) is 11.8. The van der Waals surface area contributed by atoms with E-state index in [1.807, 2.05) is 31.2 Å². The molecule has 0 bridgehead atoms. The van der Waals surface area contributed by atoms with Crippen molar-refractivity contribution in [3.63, 3.8) is 0 Å². The Balaban J connectivity index is 1.60. The minimum atomic E-state index is -0.736. The lowest BCUT2D eigenvalue weighted by molar-refractivity contribution is 0.499. The Morgan fingerprint density at radius 1 is 0.516 bits per heavy atom. The molecule has 164 valence electrons. The first-order chi connectivity index (χ1) is 15.1. The van der Waals surface area contributed by atoms with Gasteiger partial charge in [-0.25, -0.2) is 8.78 Å². The maximum atomic E-state index is 14.6. The second kappa shape index (κ2) is 11.8. The Kier molecular flexibility index (Phi) is 8.82. The summed E-state index contributed by atoms with van der Waals surface area (Å²) in [4.78, 5) is 0. The van der Waals surface area contributed by atoms with E-state index in [1.54, 1.807) is 12.1 Å². The van der Waals surface area contributed by atoms with Gasteiger partial charge in [-0.2, -0.15) is 0 Å². The molecule has 0 N–H and O–H groups in total. The third-order valence-electron chi connectivity index (χ3n) is 6.02. The van der Waals surface area contributed by atoms with E-state index in [0.717, 1.165) is 37.7 Å². The number of benzene rings is 3. The van der Waals surface area contributed by atoms with Crippen molar-refractivity contribution in [2.75, 3.05) is 0 Å². The van der Waals surface area contributed by atoms with Crippen LogP contribution in [0.1, 0.15) is 68.2 Å². The molecule has 0 radical (unpaired) electrons. The van der Waals surface area contributed by atoms with E-state index in [2.05, 4.69) is 31.2 Å². The molecule has 2 heteroatoms. The van der Waals surface area contributed by atoms with Crippen LogP contribution in [-0.2, 0) is 25.7 Å². The van der Waals surface area contributed by atoms with Gasteiger partial charge in [0.15, 0.2) is 11.6 Å². The summed E-state index contributed by atoms with van der Waals surface area (Å²) in [6, 6.07) is 20.2. The quantitative estimate of drug-likeness (QED) is 0.273. The van der Waals surface area contributed by atoms with Crippen LogP contribution >= 0.6 is 0 Å². The molecule has 0 aromatic heterocycles. The lowest BCUT2D eigenvalue weighted by Gasteiger charge is -2.10. The SMILES string of the molecule is CCCCCc1ccc(CCc2ccc(-c3ccc(CCCC)c(F)c3F)cc2)cc1. The molecular weight excluding hydrogens is 386 g/mol. The molecule has 3 aromatic carbocycles. The fourth-order valence-electron chi connectivity index (χ4n) is 3.96. The van der Waals surface area contributed by atoms with Crippen LogP contribution < -0.4 is 0 Å². The highest BCUT2D eigenvalue weighted by Gasteiger charge is 2.14. The highest BCUT2D eigenvalue weighted by Crippen LogP contribution is 2.27. The van der Waals surface area contributed by atoms with Gasteiger partial charge >= 0.3 is 0 Å². The van der Waals surface area contributed by atoms with Gasteiger partial charge < -0.3 is 0 Å². The van der Waals surface area contributed by atoms with E-state index in [9.17, 15) is 8.78 Å². The lowest BCUT2D eigenvalue weighted by atomic mass is 9.97. The highest BCUT2D eigenvalue weighted by molar-refractivity contribution is 5.65. The normalized spacial score (nSPS) is 11.1. The zero-order valence-corrected chi connectivity index (χ0v) is 18.9. The highest BCUT2D eigenvalue weighted by atomic mass is 19.2. The first kappa shape index (κ1) is 23.2. The van der Waals surface area contributed by atoms with Crippen LogP contribution in [0.25, 0.3) is 11.1 Å². The van der Waals surface area contributed by atoms with Gasteiger partial charge in [-0.3, -0.25) is 0 Å². The number of halogens is 2. The molecule has 0 nitrogen and oxygen atoms in total. The molecule has 0 saturated heterocycles. The second-order valence-corrected chi connectivity index (χ2v) is 8.47. The summed E-state index contributed by atoms with van der Waals surface area (Å²) in [7, 11) is 0. The summed E-state index contributed by atoms with van der Waals surface area (Å²) < 4.78 is 29.0. The Morgan fingerprint density at radius 3 is 1.65 bits per heavy atom. The average molecular weight is 421 g/mol. The van der Waals surface area contributed by atoms with E-state index >= 15 is 0 Å². The van der Waals surface area contributed by atoms with Gasteiger partial charge in [0.2, 0.25) is 0 Å². The van der Waals surface area contributed by atoms with E-state index < -0.39 is 11.6 Å². The predicted octanol–water partition coefficient (Wildman–Crippen LogP) is 8.49. The zero-order valence-electron chi connectivity index (χ0n) is 18.9. The molecule has 0 aliphatic rings. The standard InChI is InChI=1S/C29H34F2/c1-3-5-7-8-22-10-12-23(13-11-22)14-15-24-16-18-25(19-17-24)27-21-20-26(9-6-4-2)28(30)29(27)31/h10-13,16-21H,3-9,14-15H2,1-2H3. The van der Waals surface area contributed by atoms with E-state index in [0.29, 0.717) is 17.5 Å². The van der Waals surface area contributed by atoms with Crippen LogP contribution in [0.5, 0.6) is 0 Å². The number of unbranched alkanes of at least 4 members (excludes halogenated alkanes) is 3. The van der Waals surface area contributed by atoms with Gasteiger partial charge in [0.05, 0.1) is 0 Å². The molecule has 0 unspecified atom stereocenters.